The molecule has 2 N–H and O–H groups in total. The van der Waals surface area contributed by atoms with Gasteiger partial charge in [-0.05, 0) is 50.8 Å². The molecule has 0 saturated carbocycles. The third kappa shape index (κ3) is 5.97. The lowest BCUT2D eigenvalue weighted by Crippen LogP contribution is -2.39. The van der Waals surface area contributed by atoms with Crippen LogP contribution in [0.15, 0.2) is 23.2 Å². The van der Waals surface area contributed by atoms with Crippen LogP contribution in [-0.4, -0.2) is 37.6 Å². The molecule has 154 valence electrons. The fourth-order valence-electron chi connectivity index (χ4n) is 3.50. The van der Waals surface area contributed by atoms with E-state index >= 15 is 0 Å². The van der Waals surface area contributed by atoms with Crippen molar-refractivity contribution in [2.24, 2.45) is 10.9 Å². The molecule has 3 rings (SSSR count). The summed E-state index contributed by atoms with van der Waals surface area (Å²) in [7, 11) is 1.82. The van der Waals surface area contributed by atoms with E-state index in [-0.39, 0.29) is 24.0 Å². The molecule has 2 heterocycles. The molecule has 1 aromatic carbocycles. The minimum absolute atomic E-state index is 0. The summed E-state index contributed by atoms with van der Waals surface area (Å²) in [5, 5.41) is 8.79. The van der Waals surface area contributed by atoms with Crippen molar-refractivity contribution >= 4 is 58.6 Å². The number of nitrogens with one attached hydrogen (secondary N) is 2. The Kier molecular flexibility index (Phi) is 8.82. The van der Waals surface area contributed by atoms with Crippen molar-refractivity contribution in [3.05, 3.63) is 44.4 Å². The maximum atomic E-state index is 6.18. The zero-order valence-electron chi connectivity index (χ0n) is 16.9. The van der Waals surface area contributed by atoms with Crippen LogP contribution in [0.4, 0.5) is 5.69 Å². The zero-order valence-corrected chi connectivity index (χ0v) is 20.8. The number of aromatic nitrogens is 1. The van der Waals surface area contributed by atoms with Crippen LogP contribution in [-0.2, 0) is 6.54 Å². The van der Waals surface area contributed by atoms with Gasteiger partial charge in [0.1, 0.15) is 0 Å². The van der Waals surface area contributed by atoms with Gasteiger partial charge in [0.25, 0.3) is 0 Å². The van der Waals surface area contributed by atoms with E-state index in [9.17, 15) is 0 Å². The van der Waals surface area contributed by atoms with Crippen molar-refractivity contribution < 1.29 is 0 Å². The molecule has 1 unspecified atom stereocenters. The molecular weight excluding hydrogens is 505 g/mol. The van der Waals surface area contributed by atoms with Gasteiger partial charge in [0.2, 0.25) is 0 Å². The molecule has 1 aliphatic rings. The number of benzene rings is 1. The number of hydrogen-bond donors (Lipinski definition) is 2. The number of aryl methyl sites for hydroxylation is 3. The van der Waals surface area contributed by atoms with E-state index in [0.717, 1.165) is 47.9 Å². The Morgan fingerprint density at radius 3 is 2.79 bits per heavy atom. The highest BCUT2D eigenvalue weighted by atomic mass is 127. The molecule has 0 spiro atoms. The van der Waals surface area contributed by atoms with Crippen molar-refractivity contribution in [1.82, 2.24) is 15.6 Å². The molecule has 1 atom stereocenters. The summed E-state index contributed by atoms with van der Waals surface area (Å²) < 4.78 is 0. The van der Waals surface area contributed by atoms with Crippen molar-refractivity contribution in [2.75, 3.05) is 31.6 Å². The Morgan fingerprint density at radius 1 is 1.32 bits per heavy atom. The van der Waals surface area contributed by atoms with E-state index < -0.39 is 0 Å². The Hall–Kier alpha value is -1.06. The average Bonchev–Trinajstić information content (AvgIpc) is 3.23. The predicted molar refractivity (Wildman–Crippen MR) is 132 cm³/mol. The Balaban J connectivity index is 0.00000280. The first-order chi connectivity index (χ1) is 13.0. The van der Waals surface area contributed by atoms with Gasteiger partial charge in [-0.15, -0.1) is 35.3 Å². The van der Waals surface area contributed by atoms with Gasteiger partial charge in [-0.2, -0.15) is 0 Å². The smallest absolute Gasteiger partial charge is 0.191 e. The number of aliphatic imine (C=N–C) groups is 1. The minimum atomic E-state index is 0. The van der Waals surface area contributed by atoms with Crippen LogP contribution in [0.1, 0.15) is 27.6 Å². The van der Waals surface area contributed by atoms with Gasteiger partial charge in [-0.25, -0.2) is 4.98 Å². The van der Waals surface area contributed by atoms with Gasteiger partial charge in [0, 0.05) is 42.3 Å². The molecule has 0 bridgehead atoms. The fraction of sp³-hybridized carbons (Fsp3) is 0.500. The standard InChI is InChI=1S/C20H28ClN5S.HI/c1-13-5-6-17(21)9-18(13)26-8-7-16(12-26)10-23-20(22-4)24-11-19-14(2)25-15(3)27-19;/h5-6,9,16H,7-8,10-12H2,1-4H3,(H2,22,23,24);1H. The van der Waals surface area contributed by atoms with Gasteiger partial charge in [-0.3, -0.25) is 4.99 Å². The number of guanidine groups is 1. The Labute approximate surface area is 194 Å². The zero-order chi connectivity index (χ0) is 19.4. The summed E-state index contributed by atoms with van der Waals surface area (Å²) in [6.07, 6.45) is 1.17. The number of halogens is 2. The van der Waals surface area contributed by atoms with Gasteiger partial charge in [0.05, 0.1) is 17.2 Å². The molecule has 0 aliphatic carbocycles. The first kappa shape index (κ1) is 23.2. The van der Waals surface area contributed by atoms with Crippen LogP contribution in [0.2, 0.25) is 5.02 Å². The number of hydrogen-bond acceptors (Lipinski definition) is 4. The first-order valence-corrected chi connectivity index (χ1v) is 10.5. The lowest BCUT2D eigenvalue weighted by Gasteiger charge is -2.21. The van der Waals surface area contributed by atoms with Crippen molar-refractivity contribution in [1.29, 1.82) is 0 Å². The lowest BCUT2D eigenvalue weighted by atomic mass is 10.1. The second-order valence-corrected chi connectivity index (χ2v) is 8.80. The Morgan fingerprint density at radius 2 is 2.11 bits per heavy atom. The van der Waals surface area contributed by atoms with Crippen molar-refractivity contribution in [3.63, 3.8) is 0 Å². The predicted octanol–water partition coefficient (Wildman–Crippen LogP) is 4.53. The quantitative estimate of drug-likeness (QED) is 0.337. The SMILES string of the molecule is CN=C(NCc1sc(C)nc1C)NCC1CCN(c2cc(Cl)ccc2C)C1.I. The summed E-state index contributed by atoms with van der Waals surface area (Å²) in [4.78, 5) is 12.5. The van der Waals surface area contributed by atoms with Crippen LogP contribution in [0.3, 0.4) is 0 Å². The summed E-state index contributed by atoms with van der Waals surface area (Å²) in [5.41, 5.74) is 3.63. The van der Waals surface area contributed by atoms with E-state index in [1.807, 2.05) is 20.0 Å². The average molecular weight is 534 g/mol. The van der Waals surface area contributed by atoms with Crippen LogP contribution in [0, 0.1) is 26.7 Å². The van der Waals surface area contributed by atoms with Crippen LogP contribution in [0.25, 0.3) is 0 Å². The van der Waals surface area contributed by atoms with Gasteiger partial charge < -0.3 is 15.5 Å². The molecule has 8 heteroatoms. The van der Waals surface area contributed by atoms with Crippen molar-refractivity contribution in [2.45, 2.75) is 33.7 Å². The molecule has 1 aromatic heterocycles. The topological polar surface area (TPSA) is 52.6 Å². The lowest BCUT2D eigenvalue weighted by molar-refractivity contribution is 0.566. The van der Waals surface area contributed by atoms with Crippen LogP contribution < -0.4 is 15.5 Å². The monoisotopic (exact) mass is 533 g/mol. The maximum Gasteiger partial charge on any atom is 0.191 e. The van der Waals surface area contributed by atoms with Crippen molar-refractivity contribution in [3.8, 4) is 0 Å². The first-order valence-electron chi connectivity index (χ1n) is 9.34. The van der Waals surface area contributed by atoms with E-state index in [0.29, 0.717) is 5.92 Å². The molecule has 1 fully saturated rings. The van der Waals surface area contributed by atoms with Gasteiger partial charge in [0.15, 0.2) is 5.96 Å². The largest absolute Gasteiger partial charge is 0.371 e. The summed E-state index contributed by atoms with van der Waals surface area (Å²) >= 11 is 7.92. The second-order valence-electron chi connectivity index (χ2n) is 7.08. The number of thiazole rings is 1. The summed E-state index contributed by atoms with van der Waals surface area (Å²) in [6, 6.07) is 6.13. The molecule has 1 aliphatic heterocycles. The highest BCUT2D eigenvalue weighted by Gasteiger charge is 2.24. The number of anilines is 1. The third-order valence-corrected chi connectivity index (χ3v) is 6.30. The molecule has 1 saturated heterocycles. The van der Waals surface area contributed by atoms with E-state index in [4.69, 9.17) is 11.6 Å². The second kappa shape index (κ2) is 10.6. The maximum absolute atomic E-state index is 6.18. The molecular formula is C20H29ClIN5S. The van der Waals surface area contributed by atoms with Crippen LogP contribution in [0.5, 0.6) is 0 Å². The minimum Gasteiger partial charge on any atom is -0.371 e. The fourth-order valence-corrected chi connectivity index (χ4v) is 4.55. The van der Waals surface area contributed by atoms with Gasteiger partial charge in [-0.1, -0.05) is 17.7 Å². The molecule has 0 amide bonds. The van der Waals surface area contributed by atoms with E-state index in [1.54, 1.807) is 11.3 Å². The Bertz CT molecular complexity index is 823. The molecule has 28 heavy (non-hydrogen) atoms. The molecule has 2 aromatic rings. The highest BCUT2D eigenvalue weighted by molar-refractivity contribution is 14.0. The molecule has 0 radical (unpaired) electrons. The molecule has 5 nitrogen and oxygen atoms in total. The van der Waals surface area contributed by atoms with E-state index in [2.05, 4.69) is 51.5 Å². The van der Waals surface area contributed by atoms with Gasteiger partial charge >= 0.3 is 0 Å². The summed E-state index contributed by atoms with van der Waals surface area (Å²) in [5.74, 6) is 1.44. The van der Waals surface area contributed by atoms with E-state index in [1.165, 1.54) is 22.5 Å². The summed E-state index contributed by atoms with van der Waals surface area (Å²) in [6.45, 7) is 10.0. The third-order valence-electron chi connectivity index (χ3n) is 5.00. The number of nitrogens with zero attached hydrogens (tertiary/aromatic N) is 3. The highest BCUT2D eigenvalue weighted by Crippen LogP contribution is 2.29. The normalized spacial score (nSPS) is 16.8. The van der Waals surface area contributed by atoms with Crippen LogP contribution >= 0.6 is 46.9 Å². The number of rotatable bonds is 5.